The van der Waals surface area contributed by atoms with Gasteiger partial charge in [0, 0.05) is 19.3 Å². The van der Waals surface area contributed by atoms with Crippen LogP contribution in [0, 0.1) is 0 Å². The molecule has 0 aliphatic carbocycles. The van der Waals surface area contributed by atoms with E-state index in [9.17, 15) is 14.4 Å². The molecular weight excluding hydrogens is 865 g/mol. The molecule has 0 saturated carbocycles. The van der Waals surface area contributed by atoms with Crippen LogP contribution in [-0.4, -0.2) is 37.2 Å². The highest BCUT2D eigenvalue weighted by Crippen LogP contribution is 2.17. The predicted octanol–water partition coefficient (Wildman–Crippen LogP) is 21.1. The first-order chi connectivity index (χ1) is 34.5. The van der Waals surface area contributed by atoms with Gasteiger partial charge in [0.25, 0.3) is 0 Å². The van der Waals surface area contributed by atoms with Crippen LogP contribution in [0.3, 0.4) is 0 Å². The summed E-state index contributed by atoms with van der Waals surface area (Å²) < 4.78 is 16.9. The maximum Gasteiger partial charge on any atom is 0.306 e. The van der Waals surface area contributed by atoms with Gasteiger partial charge >= 0.3 is 17.9 Å². The molecule has 0 saturated heterocycles. The van der Waals surface area contributed by atoms with E-state index in [1.807, 2.05) is 0 Å². The first-order valence-corrected chi connectivity index (χ1v) is 31.3. The van der Waals surface area contributed by atoms with Crippen molar-refractivity contribution in [3.8, 4) is 0 Å². The summed E-state index contributed by atoms with van der Waals surface area (Å²) in [5, 5.41) is 0. The van der Waals surface area contributed by atoms with Gasteiger partial charge in [-0.05, 0) is 70.6 Å². The second-order valence-corrected chi connectivity index (χ2v) is 21.3. The molecule has 0 spiro atoms. The van der Waals surface area contributed by atoms with Crippen LogP contribution in [0.15, 0.2) is 24.3 Å². The third kappa shape index (κ3) is 56.8. The summed E-state index contributed by atoms with van der Waals surface area (Å²) in [6.45, 7) is 6.67. The summed E-state index contributed by atoms with van der Waals surface area (Å²) in [6.07, 6.45) is 70.5. The maximum absolute atomic E-state index is 12.9. The van der Waals surface area contributed by atoms with Crippen molar-refractivity contribution in [2.45, 2.75) is 354 Å². The molecule has 0 aliphatic heterocycles. The third-order valence-electron chi connectivity index (χ3n) is 14.2. The smallest absolute Gasteiger partial charge is 0.306 e. The average Bonchev–Trinajstić information content (AvgIpc) is 3.36. The van der Waals surface area contributed by atoms with Gasteiger partial charge in [0.05, 0.1) is 0 Å². The molecule has 1 atom stereocenters. The summed E-state index contributed by atoms with van der Waals surface area (Å²) >= 11 is 0. The number of hydrogen-bond donors (Lipinski definition) is 0. The van der Waals surface area contributed by atoms with E-state index >= 15 is 0 Å². The molecule has 1 unspecified atom stereocenters. The lowest BCUT2D eigenvalue weighted by atomic mass is 10.0. The standard InChI is InChI=1S/C64H120O6/c1-4-7-10-13-16-19-21-23-25-27-29-30-31-32-33-34-35-37-38-40-42-45-48-51-54-57-63(66)69-60-61(59-68-62(65)56-53-50-47-44-18-15-12-9-6-3)70-64(67)58-55-52-49-46-43-41-39-36-28-26-24-22-20-17-14-11-8-5-2/h26-29,61H,4-25,30-60H2,1-3H3/b28-26-,29-27-. The number of hydrogen-bond acceptors (Lipinski definition) is 6. The van der Waals surface area contributed by atoms with E-state index in [0.717, 1.165) is 57.8 Å². The molecule has 0 N–H and O–H groups in total. The first kappa shape index (κ1) is 67.9. The number of carbonyl (C=O) groups is 3. The Morgan fingerprint density at radius 2 is 0.471 bits per heavy atom. The lowest BCUT2D eigenvalue weighted by molar-refractivity contribution is -0.167. The molecule has 0 aliphatic rings. The molecule has 0 radical (unpaired) electrons. The monoisotopic (exact) mass is 985 g/mol. The van der Waals surface area contributed by atoms with E-state index in [2.05, 4.69) is 45.1 Å². The van der Waals surface area contributed by atoms with E-state index in [0.29, 0.717) is 19.3 Å². The average molecular weight is 986 g/mol. The van der Waals surface area contributed by atoms with Crippen molar-refractivity contribution in [1.82, 2.24) is 0 Å². The minimum Gasteiger partial charge on any atom is -0.462 e. The number of unbranched alkanes of at least 4 members (excludes halogenated alkanes) is 43. The highest BCUT2D eigenvalue weighted by Gasteiger charge is 2.19. The fourth-order valence-electron chi connectivity index (χ4n) is 9.44. The molecule has 6 nitrogen and oxygen atoms in total. The zero-order valence-corrected chi connectivity index (χ0v) is 47.3. The van der Waals surface area contributed by atoms with Crippen LogP contribution >= 0.6 is 0 Å². The Morgan fingerprint density at radius 1 is 0.271 bits per heavy atom. The molecule has 6 heteroatoms. The summed E-state index contributed by atoms with van der Waals surface area (Å²) in [5.41, 5.74) is 0. The van der Waals surface area contributed by atoms with Crippen molar-refractivity contribution >= 4 is 17.9 Å². The number of ether oxygens (including phenoxy) is 3. The van der Waals surface area contributed by atoms with Gasteiger partial charge in [0.1, 0.15) is 13.2 Å². The Labute approximate surface area is 436 Å². The second kappa shape index (κ2) is 59.5. The summed E-state index contributed by atoms with van der Waals surface area (Å²) in [6, 6.07) is 0. The van der Waals surface area contributed by atoms with Gasteiger partial charge in [-0.3, -0.25) is 14.4 Å². The largest absolute Gasteiger partial charge is 0.462 e. The molecule has 0 bridgehead atoms. The molecule has 0 rings (SSSR count). The van der Waals surface area contributed by atoms with Crippen LogP contribution in [0.25, 0.3) is 0 Å². The zero-order chi connectivity index (χ0) is 50.7. The van der Waals surface area contributed by atoms with Crippen molar-refractivity contribution in [3.05, 3.63) is 24.3 Å². The zero-order valence-electron chi connectivity index (χ0n) is 47.3. The van der Waals surface area contributed by atoms with Crippen molar-refractivity contribution in [2.24, 2.45) is 0 Å². The van der Waals surface area contributed by atoms with Gasteiger partial charge in [-0.25, -0.2) is 0 Å². The summed E-state index contributed by atoms with van der Waals surface area (Å²) in [4.78, 5) is 38.1. The topological polar surface area (TPSA) is 78.9 Å². The fraction of sp³-hybridized carbons (Fsp3) is 0.891. The molecule has 412 valence electrons. The minimum atomic E-state index is -0.769. The van der Waals surface area contributed by atoms with Gasteiger partial charge in [-0.1, -0.05) is 283 Å². The molecule has 0 amide bonds. The highest BCUT2D eigenvalue weighted by atomic mass is 16.6. The Bertz CT molecular complexity index is 1130. The molecule has 0 aromatic rings. The van der Waals surface area contributed by atoms with Crippen LogP contribution in [0.4, 0.5) is 0 Å². The van der Waals surface area contributed by atoms with Crippen LogP contribution in [-0.2, 0) is 28.6 Å². The van der Waals surface area contributed by atoms with Gasteiger partial charge in [0.2, 0.25) is 0 Å². The predicted molar refractivity (Wildman–Crippen MR) is 303 cm³/mol. The Morgan fingerprint density at radius 3 is 0.714 bits per heavy atom. The van der Waals surface area contributed by atoms with Crippen molar-refractivity contribution in [1.29, 1.82) is 0 Å². The number of carbonyl (C=O) groups excluding carboxylic acids is 3. The van der Waals surface area contributed by atoms with Crippen molar-refractivity contribution < 1.29 is 28.6 Å². The van der Waals surface area contributed by atoms with E-state index in [1.54, 1.807) is 0 Å². The lowest BCUT2D eigenvalue weighted by Gasteiger charge is -2.18. The van der Waals surface area contributed by atoms with Gasteiger partial charge < -0.3 is 14.2 Å². The van der Waals surface area contributed by atoms with Gasteiger partial charge in [0.15, 0.2) is 6.10 Å². The summed E-state index contributed by atoms with van der Waals surface area (Å²) in [5.74, 6) is -0.854. The molecular formula is C64H120O6. The second-order valence-electron chi connectivity index (χ2n) is 21.3. The highest BCUT2D eigenvalue weighted by molar-refractivity contribution is 5.71. The minimum absolute atomic E-state index is 0.0685. The number of esters is 3. The van der Waals surface area contributed by atoms with Crippen LogP contribution in [0.5, 0.6) is 0 Å². The number of rotatable bonds is 58. The van der Waals surface area contributed by atoms with Crippen molar-refractivity contribution in [3.63, 3.8) is 0 Å². The first-order valence-electron chi connectivity index (χ1n) is 31.3. The number of allylic oxidation sites excluding steroid dienone is 4. The van der Waals surface area contributed by atoms with E-state index in [4.69, 9.17) is 14.2 Å². The molecule has 0 fully saturated rings. The van der Waals surface area contributed by atoms with Crippen LogP contribution in [0.1, 0.15) is 348 Å². The third-order valence-corrected chi connectivity index (χ3v) is 14.2. The Balaban J connectivity index is 4.16. The van der Waals surface area contributed by atoms with Gasteiger partial charge in [-0.15, -0.1) is 0 Å². The molecule has 0 aromatic carbocycles. The molecule has 0 aromatic heterocycles. The lowest BCUT2D eigenvalue weighted by Crippen LogP contribution is -2.30. The Hall–Kier alpha value is -2.11. The van der Waals surface area contributed by atoms with E-state index in [1.165, 1.54) is 250 Å². The quantitative estimate of drug-likeness (QED) is 0.0261. The Kier molecular flexibility index (Phi) is 57.7. The SMILES string of the molecule is CCCCCCCCC/C=C\CCCCCCCCCC(=O)OC(COC(=O)CCCCCCCCCCC)COC(=O)CCCCCCCCCCCCCCC/C=C\CCCCCCCCCC. The normalized spacial score (nSPS) is 12.1. The van der Waals surface area contributed by atoms with E-state index < -0.39 is 6.10 Å². The van der Waals surface area contributed by atoms with E-state index in [-0.39, 0.29) is 31.1 Å². The maximum atomic E-state index is 12.9. The van der Waals surface area contributed by atoms with Crippen LogP contribution in [0.2, 0.25) is 0 Å². The fourth-order valence-corrected chi connectivity index (χ4v) is 9.44. The van der Waals surface area contributed by atoms with Crippen LogP contribution < -0.4 is 0 Å². The summed E-state index contributed by atoms with van der Waals surface area (Å²) in [7, 11) is 0. The van der Waals surface area contributed by atoms with Gasteiger partial charge in [-0.2, -0.15) is 0 Å². The van der Waals surface area contributed by atoms with Crippen molar-refractivity contribution in [2.75, 3.05) is 13.2 Å². The molecule has 0 heterocycles. The molecule has 70 heavy (non-hydrogen) atoms.